The first-order valence-electron chi connectivity index (χ1n) is 4.32. The molecule has 1 aromatic heterocycles. The molecule has 2 rings (SSSR count). The maximum Gasteiger partial charge on any atom is 0.0537 e. The Labute approximate surface area is 79.8 Å². The van der Waals surface area contributed by atoms with E-state index in [-0.39, 0.29) is 6.04 Å². The molecule has 13 heavy (non-hydrogen) atoms. The summed E-state index contributed by atoms with van der Waals surface area (Å²) in [5, 5.41) is 7.43. The van der Waals surface area contributed by atoms with Crippen molar-refractivity contribution in [3.63, 3.8) is 0 Å². The van der Waals surface area contributed by atoms with Crippen LogP contribution in [0.25, 0.3) is 0 Å². The Morgan fingerprint density at radius 2 is 2.62 bits per heavy atom. The summed E-state index contributed by atoms with van der Waals surface area (Å²) >= 11 is 0. The summed E-state index contributed by atoms with van der Waals surface area (Å²) in [7, 11) is 1.23. The predicted octanol–water partition coefficient (Wildman–Crippen LogP) is -0.187. The second-order valence-electron chi connectivity index (χ2n) is 3.26. The van der Waals surface area contributed by atoms with Crippen LogP contribution in [0, 0.1) is 0 Å². The zero-order chi connectivity index (χ0) is 9.26. The average molecular weight is 199 g/mol. The molecule has 0 bridgehead atoms. The Morgan fingerprint density at radius 1 is 1.77 bits per heavy atom. The molecular weight excluding hydrogens is 186 g/mol. The number of rotatable bonds is 1. The normalized spacial score (nSPS) is 29.0. The number of aryl methyl sites for hydroxylation is 1. The lowest BCUT2D eigenvalue weighted by Gasteiger charge is -2.21. The minimum atomic E-state index is -0.661. The van der Waals surface area contributed by atoms with Crippen LogP contribution in [0.15, 0.2) is 12.4 Å². The first-order valence-corrected chi connectivity index (χ1v) is 5.81. The highest BCUT2D eigenvalue weighted by molar-refractivity contribution is 7.85. The summed E-state index contributed by atoms with van der Waals surface area (Å²) in [5.74, 6) is 1.49. The van der Waals surface area contributed by atoms with Gasteiger partial charge in [-0.2, -0.15) is 5.10 Å². The summed E-state index contributed by atoms with van der Waals surface area (Å²) in [6.07, 6.45) is 3.81. The molecule has 5 heteroatoms. The Kier molecular flexibility index (Phi) is 2.46. The Morgan fingerprint density at radius 3 is 3.23 bits per heavy atom. The van der Waals surface area contributed by atoms with Crippen LogP contribution in [0.1, 0.15) is 11.6 Å². The molecule has 1 aromatic rings. The van der Waals surface area contributed by atoms with Gasteiger partial charge in [0.05, 0.1) is 6.20 Å². The molecule has 1 aliphatic heterocycles. The molecule has 0 aromatic carbocycles. The SMILES string of the molecule is Cn1cc([C@@H]2C[S@@](=O)CCN2)cn1. The Balaban J connectivity index is 2.12. The zero-order valence-corrected chi connectivity index (χ0v) is 8.38. The fourth-order valence-corrected chi connectivity index (χ4v) is 2.70. The first-order chi connectivity index (χ1) is 6.25. The van der Waals surface area contributed by atoms with E-state index in [9.17, 15) is 4.21 Å². The van der Waals surface area contributed by atoms with Gasteiger partial charge in [-0.05, 0) is 0 Å². The van der Waals surface area contributed by atoms with Gasteiger partial charge in [0, 0.05) is 53.7 Å². The standard InChI is InChI=1S/C8H13N3OS/c1-11-5-7(4-10-11)8-6-13(12)3-2-9-8/h4-5,8-9H,2-3,6H2,1H3/t8-,13-/m0/s1. The van der Waals surface area contributed by atoms with Crippen LogP contribution in [-0.4, -0.2) is 32.0 Å². The smallest absolute Gasteiger partial charge is 0.0537 e. The summed E-state index contributed by atoms with van der Waals surface area (Å²) in [4.78, 5) is 0. The summed E-state index contributed by atoms with van der Waals surface area (Å²) in [6.45, 7) is 0.839. The average Bonchev–Trinajstić information content (AvgIpc) is 2.52. The molecule has 0 radical (unpaired) electrons. The molecule has 0 saturated carbocycles. The van der Waals surface area contributed by atoms with Crippen molar-refractivity contribution in [1.82, 2.24) is 15.1 Å². The number of nitrogens with one attached hydrogen (secondary N) is 1. The van der Waals surface area contributed by atoms with Gasteiger partial charge in [-0.15, -0.1) is 0 Å². The van der Waals surface area contributed by atoms with Crippen LogP contribution in [0.2, 0.25) is 0 Å². The molecule has 0 amide bonds. The van der Waals surface area contributed by atoms with Crippen molar-refractivity contribution in [3.05, 3.63) is 18.0 Å². The predicted molar refractivity (Wildman–Crippen MR) is 51.8 cm³/mol. The van der Waals surface area contributed by atoms with Gasteiger partial charge in [0.25, 0.3) is 0 Å². The number of hydrogen-bond acceptors (Lipinski definition) is 3. The molecule has 4 nitrogen and oxygen atoms in total. The van der Waals surface area contributed by atoms with Gasteiger partial charge in [-0.3, -0.25) is 8.89 Å². The lowest BCUT2D eigenvalue weighted by Crippen LogP contribution is -2.36. The monoisotopic (exact) mass is 199 g/mol. The van der Waals surface area contributed by atoms with E-state index in [1.165, 1.54) is 0 Å². The molecule has 0 unspecified atom stereocenters. The second-order valence-corrected chi connectivity index (χ2v) is 4.89. The minimum absolute atomic E-state index is 0.225. The van der Waals surface area contributed by atoms with E-state index in [1.54, 1.807) is 4.68 Å². The van der Waals surface area contributed by atoms with E-state index in [0.717, 1.165) is 17.9 Å². The maximum atomic E-state index is 11.3. The van der Waals surface area contributed by atoms with Crippen LogP contribution in [-0.2, 0) is 17.8 Å². The largest absolute Gasteiger partial charge is 0.308 e. The van der Waals surface area contributed by atoms with Crippen molar-refractivity contribution in [1.29, 1.82) is 0 Å². The molecule has 1 N–H and O–H groups in total. The number of aromatic nitrogens is 2. The topological polar surface area (TPSA) is 46.9 Å². The third kappa shape index (κ3) is 1.97. The second kappa shape index (κ2) is 3.59. The van der Waals surface area contributed by atoms with Crippen molar-refractivity contribution in [2.45, 2.75) is 6.04 Å². The van der Waals surface area contributed by atoms with Crippen LogP contribution in [0.5, 0.6) is 0 Å². The van der Waals surface area contributed by atoms with Crippen molar-refractivity contribution < 1.29 is 4.21 Å². The number of hydrogen-bond donors (Lipinski definition) is 1. The molecule has 2 atom stereocenters. The van der Waals surface area contributed by atoms with Crippen molar-refractivity contribution in [2.75, 3.05) is 18.1 Å². The van der Waals surface area contributed by atoms with Crippen molar-refractivity contribution in [3.8, 4) is 0 Å². The summed E-state index contributed by atoms with van der Waals surface area (Å²) in [5.41, 5.74) is 1.13. The molecular formula is C8H13N3OS. The highest BCUT2D eigenvalue weighted by atomic mass is 32.2. The zero-order valence-electron chi connectivity index (χ0n) is 7.56. The highest BCUT2D eigenvalue weighted by Crippen LogP contribution is 2.15. The number of nitrogens with zero attached hydrogens (tertiary/aromatic N) is 2. The summed E-state index contributed by atoms with van der Waals surface area (Å²) in [6, 6.07) is 0.225. The van der Waals surface area contributed by atoms with Gasteiger partial charge in [0.15, 0.2) is 0 Å². The van der Waals surface area contributed by atoms with E-state index < -0.39 is 10.8 Å². The van der Waals surface area contributed by atoms with Crippen LogP contribution >= 0.6 is 0 Å². The van der Waals surface area contributed by atoms with Gasteiger partial charge in [-0.1, -0.05) is 0 Å². The molecule has 1 saturated heterocycles. The molecule has 0 spiro atoms. The fourth-order valence-electron chi connectivity index (χ4n) is 1.51. The van der Waals surface area contributed by atoms with E-state index >= 15 is 0 Å². The molecule has 72 valence electrons. The molecule has 1 aliphatic rings. The molecule has 1 fully saturated rings. The third-order valence-corrected chi connectivity index (χ3v) is 3.56. The van der Waals surface area contributed by atoms with Crippen LogP contribution in [0.4, 0.5) is 0 Å². The third-order valence-electron chi connectivity index (χ3n) is 2.20. The van der Waals surface area contributed by atoms with Gasteiger partial charge in [0.1, 0.15) is 0 Å². The Hall–Kier alpha value is -0.680. The lowest BCUT2D eigenvalue weighted by atomic mass is 10.2. The Bertz CT molecular complexity index is 323. The van der Waals surface area contributed by atoms with Gasteiger partial charge in [0.2, 0.25) is 0 Å². The quantitative estimate of drug-likeness (QED) is 0.682. The van der Waals surface area contributed by atoms with Gasteiger partial charge >= 0.3 is 0 Å². The van der Waals surface area contributed by atoms with E-state index in [0.29, 0.717) is 5.75 Å². The first kappa shape index (κ1) is 8.90. The molecule has 2 heterocycles. The lowest BCUT2D eigenvalue weighted by molar-refractivity contribution is 0.571. The van der Waals surface area contributed by atoms with Crippen molar-refractivity contribution >= 4 is 10.8 Å². The van der Waals surface area contributed by atoms with Gasteiger partial charge < -0.3 is 5.32 Å². The fraction of sp³-hybridized carbons (Fsp3) is 0.625. The van der Waals surface area contributed by atoms with Crippen LogP contribution in [0.3, 0.4) is 0 Å². The van der Waals surface area contributed by atoms with E-state index in [2.05, 4.69) is 10.4 Å². The van der Waals surface area contributed by atoms with Crippen LogP contribution < -0.4 is 5.32 Å². The maximum absolute atomic E-state index is 11.3. The van der Waals surface area contributed by atoms with Gasteiger partial charge in [-0.25, -0.2) is 0 Å². The minimum Gasteiger partial charge on any atom is -0.308 e. The summed E-state index contributed by atoms with van der Waals surface area (Å²) < 4.78 is 13.1. The van der Waals surface area contributed by atoms with E-state index in [4.69, 9.17) is 0 Å². The highest BCUT2D eigenvalue weighted by Gasteiger charge is 2.20. The van der Waals surface area contributed by atoms with Crippen molar-refractivity contribution in [2.24, 2.45) is 7.05 Å². The van der Waals surface area contributed by atoms with E-state index in [1.807, 2.05) is 19.4 Å². The molecule has 0 aliphatic carbocycles.